The van der Waals surface area contributed by atoms with Crippen LogP contribution in [0.5, 0.6) is 0 Å². The van der Waals surface area contributed by atoms with Crippen molar-refractivity contribution in [3.05, 3.63) is 92.5 Å². The van der Waals surface area contributed by atoms with Crippen molar-refractivity contribution >= 4 is 46.4 Å². The number of aromatic nitrogens is 2. The van der Waals surface area contributed by atoms with E-state index in [9.17, 15) is 19.7 Å². The van der Waals surface area contributed by atoms with E-state index in [0.29, 0.717) is 0 Å². The van der Waals surface area contributed by atoms with E-state index in [4.69, 9.17) is 23.2 Å². The molecule has 2 heterocycles. The van der Waals surface area contributed by atoms with Crippen molar-refractivity contribution in [1.82, 2.24) is 15.4 Å². The lowest BCUT2D eigenvalue weighted by molar-refractivity contribution is -0.384. The zero-order chi connectivity index (χ0) is 21.0. The molecule has 0 fully saturated rings. The first-order valence-corrected chi connectivity index (χ1v) is 8.75. The van der Waals surface area contributed by atoms with Crippen LogP contribution in [0, 0.1) is 10.1 Å². The minimum absolute atomic E-state index is 0.00896. The summed E-state index contributed by atoms with van der Waals surface area (Å²) >= 11 is 11.9. The molecule has 9 nitrogen and oxygen atoms in total. The molecule has 3 aromatic rings. The number of carbonyl (C=O) groups is 2. The number of benzene rings is 1. The molecule has 0 aliphatic carbocycles. The molecule has 0 aliphatic heterocycles. The number of hydrazine groups is 1. The predicted octanol–water partition coefficient (Wildman–Crippen LogP) is 3.68. The molecule has 11 heteroatoms. The Hall–Kier alpha value is -3.56. The molecular weight excluding hydrogens is 421 g/mol. The number of nitro benzene ring substituents is 1. The number of rotatable bonds is 4. The first-order valence-electron chi connectivity index (χ1n) is 7.99. The molecule has 1 N–H and O–H groups in total. The first-order chi connectivity index (χ1) is 13.9. The number of halogens is 2. The van der Waals surface area contributed by atoms with Gasteiger partial charge in [0.15, 0.2) is 0 Å². The molecule has 0 radical (unpaired) electrons. The average Bonchev–Trinajstić information content (AvgIpc) is 2.72. The summed E-state index contributed by atoms with van der Waals surface area (Å²) in [6.07, 6.45) is 2.79. The zero-order valence-electron chi connectivity index (χ0n) is 14.5. The van der Waals surface area contributed by atoms with E-state index < -0.39 is 16.7 Å². The Bertz CT molecular complexity index is 1110. The fraction of sp³-hybridized carbons (Fsp3) is 0. The van der Waals surface area contributed by atoms with Gasteiger partial charge in [0, 0.05) is 24.5 Å². The number of nitro groups is 1. The SMILES string of the molecule is O=C(NN(C(=O)c1cccnc1Cl)c1cccc([N+](=O)[O-])c1)c1cccnc1Cl. The number of pyridine rings is 2. The monoisotopic (exact) mass is 431 g/mol. The molecule has 0 unspecified atom stereocenters. The molecule has 0 atom stereocenters. The van der Waals surface area contributed by atoms with Crippen LogP contribution >= 0.6 is 23.2 Å². The van der Waals surface area contributed by atoms with E-state index in [-0.39, 0.29) is 32.8 Å². The Balaban J connectivity index is 2.04. The Morgan fingerprint density at radius 3 is 2.17 bits per heavy atom. The van der Waals surface area contributed by atoms with Crippen molar-refractivity contribution in [3.63, 3.8) is 0 Å². The quantitative estimate of drug-likeness (QED) is 0.382. The standard InChI is InChI=1S/C18H11Cl2N5O4/c19-15-13(6-2-8-21-15)17(26)23-24(11-4-1-5-12(10-11)25(28)29)18(27)14-7-3-9-22-16(14)20/h1-10H,(H,23,26). The summed E-state index contributed by atoms with van der Waals surface area (Å²) in [5, 5.41) is 11.8. The summed E-state index contributed by atoms with van der Waals surface area (Å²) in [6, 6.07) is 11.0. The number of anilines is 1. The van der Waals surface area contributed by atoms with Crippen LogP contribution in [0.1, 0.15) is 20.7 Å². The molecule has 0 bridgehead atoms. The van der Waals surface area contributed by atoms with Gasteiger partial charge in [0.2, 0.25) is 0 Å². The second kappa shape index (κ2) is 8.63. The summed E-state index contributed by atoms with van der Waals surface area (Å²) in [6.45, 7) is 0. The minimum Gasteiger partial charge on any atom is -0.267 e. The van der Waals surface area contributed by atoms with Gasteiger partial charge in [-0.3, -0.25) is 25.1 Å². The number of nitrogens with zero attached hydrogens (tertiary/aromatic N) is 4. The van der Waals surface area contributed by atoms with Crippen molar-refractivity contribution in [2.45, 2.75) is 0 Å². The van der Waals surface area contributed by atoms with Crippen molar-refractivity contribution < 1.29 is 14.5 Å². The predicted molar refractivity (Wildman–Crippen MR) is 106 cm³/mol. The minimum atomic E-state index is -0.753. The highest BCUT2D eigenvalue weighted by molar-refractivity contribution is 6.34. The number of carbonyl (C=O) groups excluding carboxylic acids is 2. The van der Waals surface area contributed by atoms with Crippen LogP contribution in [0.15, 0.2) is 60.9 Å². The van der Waals surface area contributed by atoms with Crippen LogP contribution in [0.3, 0.4) is 0 Å². The van der Waals surface area contributed by atoms with Gasteiger partial charge in [0.05, 0.1) is 21.7 Å². The van der Waals surface area contributed by atoms with E-state index in [1.165, 1.54) is 54.9 Å². The molecule has 0 saturated heterocycles. The van der Waals surface area contributed by atoms with E-state index in [2.05, 4.69) is 15.4 Å². The van der Waals surface area contributed by atoms with Crippen molar-refractivity contribution in [2.24, 2.45) is 0 Å². The van der Waals surface area contributed by atoms with E-state index in [0.717, 1.165) is 11.1 Å². The van der Waals surface area contributed by atoms with Gasteiger partial charge in [0.1, 0.15) is 10.3 Å². The molecule has 3 rings (SSSR count). The lowest BCUT2D eigenvalue weighted by Crippen LogP contribution is -2.46. The largest absolute Gasteiger partial charge is 0.280 e. The van der Waals surface area contributed by atoms with Gasteiger partial charge in [-0.25, -0.2) is 15.0 Å². The normalized spacial score (nSPS) is 10.3. The van der Waals surface area contributed by atoms with Gasteiger partial charge >= 0.3 is 0 Å². The van der Waals surface area contributed by atoms with Crippen LogP contribution < -0.4 is 10.4 Å². The van der Waals surface area contributed by atoms with Crippen LogP contribution in [-0.4, -0.2) is 26.7 Å². The fourth-order valence-corrected chi connectivity index (χ4v) is 2.77. The van der Waals surface area contributed by atoms with Crippen molar-refractivity contribution in [3.8, 4) is 0 Å². The Labute approximate surface area is 174 Å². The third-order valence-electron chi connectivity index (χ3n) is 3.71. The fourth-order valence-electron chi connectivity index (χ4n) is 2.36. The Morgan fingerprint density at radius 2 is 1.59 bits per heavy atom. The maximum Gasteiger partial charge on any atom is 0.280 e. The van der Waals surface area contributed by atoms with E-state index >= 15 is 0 Å². The Morgan fingerprint density at radius 1 is 0.966 bits per heavy atom. The maximum atomic E-state index is 13.1. The average molecular weight is 432 g/mol. The molecule has 0 aliphatic rings. The number of non-ortho nitro benzene ring substituents is 1. The van der Waals surface area contributed by atoms with Crippen molar-refractivity contribution in [2.75, 3.05) is 5.01 Å². The first kappa shape index (κ1) is 20.2. The highest BCUT2D eigenvalue weighted by atomic mass is 35.5. The topological polar surface area (TPSA) is 118 Å². The third-order valence-corrected chi connectivity index (χ3v) is 4.31. The smallest absolute Gasteiger partial charge is 0.267 e. The van der Waals surface area contributed by atoms with Crippen LogP contribution in [0.2, 0.25) is 10.3 Å². The van der Waals surface area contributed by atoms with E-state index in [1.54, 1.807) is 0 Å². The molecule has 2 aromatic heterocycles. The molecular formula is C18H11Cl2N5O4. The maximum absolute atomic E-state index is 13.1. The molecule has 2 amide bonds. The van der Waals surface area contributed by atoms with Gasteiger partial charge in [-0.2, -0.15) is 0 Å². The number of hydrogen-bond acceptors (Lipinski definition) is 6. The molecule has 29 heavy (non-hydrogen) atoms. The summed E-state index contributed by atoms with van der Waals surface area (Å²) in [5.74, 6) is -1.50. The summed E-state index contributed by atoms with van der Waals surface area (Å²) in [7, 11) is 0. The zero-order valence-corrected chi connectivity index (χ0v) is 16.0. The highest BCUT2D eigenvalue weighted by Crippen LogP contribution is 2.24. The van der Waals surface area contributed by atoms with Gasteiger partial charge < -0.3 is 0 Å². The van der Waals surface area contributed by atoms with Crippen molar-refractivity contribution in [1.29, 1.82) is 0 Å². The number of nitrogens with one attached hydrogen (secondary N) is 1. The van der Waals surface area contributed by atoms with E-state index in [1.807, 2.05) is 0 Å². The van der Waals surface area contributed by atoms with Gasteiger partial charge in [-0.15, -0.1) is 0 Å². The molecule has 146 valence electrons. The Kier molecular flexibility index (Phi) is 6.01. The second-order valence-corrected chi connectivity index (χ2v) is 6.26. The van der Waals surface area contributed by atoms with Gasteiger partial charge in [-0.05, 0) is 30.3 Å². The van der Waals surface area contributed by atoms with Gasteiger partial charge in [0.25, 0.3) is 17.5 Å². The van der Waals surface area contributed by atoms with Gasteiger partial charge in [-0.1, -0.05) is 29.3 Å². The summed E-state index contributed by atoms with van der Waals surface area (Å²) < 4.78 is 0. The molecule has 0 spiro atoms. The molecule has 1 aromatic carbocycles. The van der Waals surface area contributed by atoms with Crippen LogP contribution in [0.25, 0.3) is 0 Å². The summed E-state index contributed by atoms with van der Waals surface area (Å²) in [5.41, 5.74) is 2.15. The third kappa shape index (κ3) is 4.48. The number of amides is 2. The summed E-state index contributed by atoms with van der Waals surface area (Å²) in [4.78, 5) is 43.9. The van der Waals surface area contributed by atoms with Crippen LogP contribution in [-0.2, 0) is 0 Å². The highest BCUT2D eigenvalue weighted by Gasteiger charge is 2.25. The molecule has 0 saturated carbocycles. The van der Waals surface area contributed by atoms with Crippen LogP contribution in [0.4, 0.5) is 11.4 Å². The lowest BCUT2D eigenvalue weighted by Gasteiger charge is -2.23. The number of hydrogen-bond donors (Lipinski definition) is 1. The second-order valence-electron chi connectivity index (χ2n) is 5.54. The lowest BCUT2D eigenvalue weighted by atomic mass is 10.2.